The molecule has 1 aliphatic heterocycles. The van der Waals surface area contributed by atoms with Crippen molar-refractivity contribution in [2.45, 2.75) is 9.90 Å². The highest BCUT2D eigenvalue weighted by molar-refractivity contribution is 9.26. The molecule has 0 aromatic carbocycles. The first-order valence-electron chi connectivity index (χ1n) is 2.82. The Morgan fingerprint density at radius 2 is 1.80 bits per heavy atom. The van der Waals surface area contributed by atoms with Crippen LogP contribution in [-0.2, 0) is 13.6 Å². The van der Waals surface area contributed by atoms with Crippen LogP contribution in [0.15, 0.2) is 0 Å². The lowest BCUT2D eigenvalue weighted by atomic mass is 10.5. The first kappa shape index (κ1) is 9.20. The Morgan fingerprint density at radius 3 is 2.10 bits per heavy atom. The van der Waals surface area contributed by atoms with Gasteiger partial charge in [0.25, 0.3) is 0 Å². The minimum absolute atomic E-state index is 0.382. The fourth-order valence-corrected chi connectivity index (χ4v) is 3.08. The van der Waals surface area contributed by atoms with Gasteiger partial charge in [0.1, 0.15) is 0 Å². The molecule has 60 valence electrons. The second kappa shape index (κ2) is 3.68. The van der Waals surface area contributed by atoms with Gasteiger partial charge in [-0.25, -0.2) is 0 Å². The van der Waals surface area contributed by atoms with Crippen LogP contribution >= 0.6 is 39.5 Å². The standard InChI is InChI=1S/C4H7Br2O3P/c5-4(6)10(7)8-2-1-3-9-10/h4H,1-3H2. The van der Waals surface area contributed by atoms with Gasteiger partial charge in [-0.1, -0.05) is 31.9 Å². The van der Waals surface area contributed by atoms with Gasteiger partial charge < -0.3 is 9.05 Å². The van der Waals surface area contributed by atoms with Crippen molar-refractivity contribution in [3.8, 4) is 0 Å². The third kappa shape index (κ3) is 2.05. The molecule has 10 heavy (non-hydrogen) atoms. The molecule has 0 amide bonds. The Hall–Kier alpha value is 1.11. The lowest BCUT2D eigenvalue weighted by Crippen LogP contribution is -2.11. The van der Waals surface area contributed by atoms with Crippen molar-refractivity contribution >= 4 is 39.5 Å². The van der Waals surface area contributed by atoms with Gasteiger partial charge in [-0.3, -0.25) is 4.57 Å². The first-order chi connectivity index (χ1) is 4.65. The second-order valence-corrected chi connectivity index (χ2v) is 8.43. The molecule has 3 nitrogen and oxygen atoms in total. The molecule has 0 bridgehead atoms. The summed E-state index contributed by atoms with van der Waals surface area (Å²) < 4.78 is 20.9. The van der Waals surface area contributed by atoms with Crippen LogP contribution in [0, 0.1) is 0 Å². The van der Waals surface area contributed by atoms with Crippen molar-refractivity contribution in [1.82, 2.24) is 0 Å². The summed E-state index contributed by atoms with van der Waals surface area (Å²) in [5.41, 5.74) is 0. The van der Waals surface area contributed by atoms with Gasteiger partial charge >= 0.3 is 7.60 Å². The fourth-order valence-electron chi connectivity index (χ4n) is 0.592. The number of halogens is 2. The Labute approximate surface area is 76.3 Å². The second-order valence-electron chi connectivity index (χ2n) is 1.84. The maximum absolute atomic E-state index is 11.4. The summed E-state index contributed by atoms with van der Waals surface area (Å²) >= 11 is 6.19. The number of hydrogen-bond acceptors (Lipinski definition) is 3. The molecular formula is C4H7Br2O3P. The van der Waals surface area contributed by atoms with E-state index >= 15 is 0 Å². The van der Waals surface area contributed by atoms with E-state index in [1.54, 1.807) is 0 Å². The van der Waals surface area contributed by atoms with Crippen LogP contribution in [0.25, 0.3) is 0 Å². The minimum atomic E-state index is -2.85. The van der Waals surface area contributed by atoms with Gasteiger partial charge in [-0.05, 0) is 6.42 Å². The lowest BCUT2D eigenvalue weighted by molar-refractivity contribution is 0.148. The van der Waals surface area contributed by atoms with E-state index in [1.807, 2.05) is 0 Å². The number of alkyl halides is 2. The van der Waals surface area contributed by atoms with Gasteiger partial charge in [0.05, 0.1) is 13.2 Å². The first-order valence-corrected chi connectivity index (χ1v) is 6.26. The van der Waals surface area contributed by atoms with Crippen LogP contribution in [0.1, 0.15) is 6.42 Å². The maximum Gasteiger partial charge on any atom is 0.354 e. The molecule has 0 N–H and O–H groups in total. The average molecular weight is 294 g/mol. The molecule has 1 aliphatic rings. The molecule has 0 atom stereocenters. The van der Waals surface area contributed by atoms with Crippen molar-refractivity contribution in [3.63, 3.8) is 0 Å². The largest absolute Gasteiger partial charge is 0.354 e. The van der Waals surface area contributed by atoms with Gasteiger partial charge in [0.15, 0.2) is 3.48 Å². The molecule has 0 aromatic rings. The van der Waals surface area contributed by atoms with Gasteiger partial charge in [-0.15, -0.1) is 0 Å². The smallest absolute Gasteiger partial charge is 0.307 e. The fraction of sp³-hybridized carbons (Fsp3) is 1.00. The minimum Gasteiger partial charge on any atom is -0.307 e. The Balaban J connectivity index is 2.57. The number of rotatable bonds is 1. The molecule has 0 radical (unpaired) electrons. The van der Waals surface area contributed by atoms with Crippen LogP contribution in [0.3, 0.4) is 0 Å². The van der Waals surface area contributed by atoms with E-state index in [0.717, 1.165) is 6.42 Å². The predicted molar refractivity (Wildman–Crippen MR) is 45.8 cm³/mol. The van der Waals surface area contributed by atoms with Gasteiger partial charge in [-0.2, -0.15) is 0 Å². The normalized spacial score (nSPS) is 25.1. The SMILES string of the molecule is O=P1(C(Br)Br)OCCCO1. The summed E-state index contributed by atoms with van der Waals surface area (Å²) in [6.07, 6.45) is 0.816. The molecule has 0 aromatic heterocycles. The summed E-state index contributed by atoms with van der Waals surface area (Å²) in [5, 5.41) is 0. The van der Waals surface area contributed by atoms with Crippen molar-refractivity contribution in [1.29, 1.82) is 0 Å². The molecule has 0 aliphatic carbocycles. The molecule has 6 heteroatoms. The quantitative estimate of drug-likeness (QED) is 0.551. The monoisotopic (exact) mass is 292 g/mol. The van der Waals surface area contributed by atoms with Crippen LogP contribution in [0.4, 0.5) is 0 Å². The molecule has 0 unspecified atom stereocenters. The molecule has 1 saturated heterocycles. The lowest BCUT2D eigenvalue weighted by Gasteiger charge is -2.23. The molecule has 1 heterocycles. The zero-order chi connectivity index (χ0) is 7.61. The zero-order valence-electron chi connectivity index (χ0n) is 5.13. The van der Waals surface area contributed by atoms with E-state index in [-0.39, 0.29) is 3.48 Å². The highest BCUT2D eigenvalue weighted by Crippen LogP contribution is 2.59. The van der Waals surface area contributed by atoms with E-state index in [0.29, 0.717) is 13.2 Å². The maximum atomic E-state index is 11.4. The molecule has 1 rings (SSSR count). The van der Waals surface area contributed by atoms with Crippen molar-refractivity contribution in [3.05, 3.63) is 0 Å². The summed E-state index contributed by atoms with van der Waals surface area (Å²) in [5.74, 6) is 0. The van der Waals surface area contributed by atoms with Crippen molar-refractivity contribution in [2.75, 3.05) is 13.2 Å². The third-order valence-corrected chi connectivity index (χ3v) is 5.64. The Kier molecular flexibility index (Phi) is 3.38. The van der Waals surface area contributed by atoms with E-state index in [2.05, 4.69) is 31.9 Å². The average Bonchev–Trinajstić information content (AvgIpc) is 1.89. The molecule has 0 spiro atoms. The van der Waals surface area contributed by atoms with Crippen LogP contribution in [0.5, 0.6) is 0 Å². The predicted octanol–water partition coefficient (Wildman–Crippen LogP) is 2.69. The van der Waals surface area contributed by atoms with E-state index in [1.165, 1.54) is 0 Å². The third-order valence-electron chi connectivity index (χ3n) is 1.07. The van der Waals surface area contributed by atoms with Crippen molar-refractivity contribution in [2.24, 2.45) is 0 Å². The van der Waals surface area contributed by atoms with Crippen LogP contribution in [-0.4, -0.2) is 16.7 Å². The number of hydrogen-bond donors (Lipinski definition) is 0. The van der Waals surface area contributed by atoms with Gasteiger partial charge in [0.2, 0.25) is 0 Å². The highest BCUT2D eigenvalue weighted by Gasteiger charge is 2.34. The topological polar surface area (TPSA) is 35.5 Å². The van der Waals surface area contributed by atoms with E-state index in [4.69, 9.17) is 9.05 Å². The summed E-state index contributed by atoms with van der Waals surface area (Å²) in [7, 11) is -2.85. The Bertz CT molecular complexity index is 151. The van der Waals surface area contributed by atoms with Crippen LogP contribution in [0.2, 0.25) is 0 Å². The molecule has 1 fully saturated rings. The van der Waals surface area contributed by atoms with E-state index < -0.39 is 7.60 Å². The van der Waals surface area contributed by atoms with Crippen LogP contribution < -0.4 is 0 Å². The van der Waals surface area contributed by atoms with E-state index in [9.17, 15) is 4.57 Å². The van der Waals surface area contributed by atoms with Gasteiger partial charge in [0, 0.05) is 0 Å². The summed E-state index contributed by atoms with van der Waals surface area (Å²) in [6, 6.07) is 0. The summed E-state index contributed by atoms with van der Waals surface area (Å²) in [6.45, 7) is 1.04. The zero-order valence-corrected chi connectivity index (χ0v) is 9.19. The molecular weight excluding hydrogens is 287 g/mol. The van der Waals surface area contributed by atoms with Crippen molar-refractivity contribution < 1.29 is 13.6 Å². The highest BCUT2D eigenvalue weighted by atomic mass is 79.9. The molecule has 0 saturated carbocycles. The summed E-state index contributed by atoms with van der Waals surface area (Å²) in [4.78, 5) is 0. The Morgan fingerprint density at radius 1 is 1.30 bits per heavy atom.